The quantitative estimate of drug-likeness (QED) is 0.812. The molecule has 1 aromatic rings. The zero-order chi connectivity index (χ0) is 18.8. The Labute approximate surface area is 154 Å². The molecular weight excluding hydrogens is 334 g/mol. The molecule has 8 nitrogen and oxygen atoms in total. The third-order valence-corrected chi connectivity index (χ3v) is 5.16. The molecule has 3 heterocycles. The van der Waals surface area contributed by atoms with E-state index in [2.05, 4.69) is 15.3 Å². The molecule has 2 aliphatic rings. The van der Waals surface area contributed by atoms with Crippen LogP contribution >= 0.6 is 0 Å². The fraction of sp³-hybridized carbons (Fsp3) is 0.722. The fourth-order valence-corrected chi connectivity index (χ4v) is 3.78. The number of carbonyl (C=O) groups excluding carboxylic acids is 2. The molecular formula is C18H29N5O3. The van der Waals surface area contributed by atoms with Crippen molar-refractivity contribution in [2.75, 3.05) is 33.8 Å². The van der Waals surface area contributed by atoms with Crippen molar-refractivity contribution in [2.45, 2.75) is 51.4 Å². The first-order chi connectivity index (χ1) is 12.4. The predicted molar refractivity (Wildman–Crippen MR) is 96.9 cm³/mol. The maximum Gasteiger partial charge on any atom is 0.269 e. The maximum absolute atomic E-state index is 12.6. The van der Waals surface area contributed by atoms with Crippen molar-refractivity contribution in [1.82, 2.24) is 24.9 Å². The monoisotopic (exact) mass is 363 g/mol. The van der Waals surface area contributed by atoms with E-state index in [0.29, 0.717) is 31.3 Å². The largest absolute Gasteiger partial charge is 0.375 e. The number of hydrogen-bond donors (Lipinski definition) is 1. The van der Waals surface area contributed by atoms with Gasteiger partial charge in [-0.1, -0.05) is 0 Å². The summed E-state index contributed by atoms with van der Waals surface area (Å²) in [5, 5.41) is 7.48. The summed E-state index contributed by atoms with van der Waals surface area (Å²) in [5.41, 5.74) is 1.46. The van der Waals surface area contributed by atoms with E-state index < -0.39 is 0 Å². The number of carbonyl (C=O) groups is 2. The van der Waals surface area contributed by atoms with Crippen LogP contribution in [0.25, 0.3) is 0 Å². The first-order valence-electron chi connectivity index (χ1n) is 9.28. The Morgan fingerprint density at radius 1 is 1.38 bits per heavy atom. The molecule has 26 heavy (non-hydrogen) atoms. The summed E-state index contributed by atoms with van der Waals surface area (Å²) in [5.74, 6) is 0.0123. The van der Waals surface area contributed by atoms with Crippen LogP contribution in [0.5, 0.6) is 0 Å². The number of nitrogens with zero attached hydrogens (tertiary/aromatic N) is 4. The van der Waals surface area contributed by atoms with Crippen molar-refractivity contribution in [2.24, 2.45) is 0 Å². The van der Waals surface area contributed by atoms with Crippen LogP contribution in [-0.4, -0.2) is 83.4 Å². The summed E-state index contributed by atoms with van der Waals surface area (Å²) in [6.07, 6.45) is 1.21. The lowest BCUT2D eigenvalue weighted by atomic mass is 10.1. The van der Waals surface area contributed by atoms with Crippen molar-refractivity contribution in [3.05, 3.63) is 17.5 Å². The summed E-state index contributed by atoms with van der Waals surface area (Å²) in [6, 6.07) is 2.23. The number of fused-ring (bicyclic) bond motifs is 1. The Morgan fingerprint density at radius 2 is 2.15 bits per heavy atom. The minimum Gasteiger partial charge on any atom is -0.375 e. The predicted octanol–water partition coefficient (Wildman–Crippen LogP) is 0.261. The molecule has 2 fully saturated rings. The third kappa shape index (κ3) is 4.07. The second-order valence-electron chi connectivity index (χ2n) is 7.45. The van der Waals surface area contributed by atoms with E-state index in [1.807, 2.05) is 19.9 Å². The standard InChI is InChI=1S/C18H29N5O3/c1-5-23-16(6-12(2)20-23)18(25)19-13-7-14-11-26-15(10-22(14)9-13)8-17(24)21(3)4/h6,13-15H,5,7-11H2,1-4H3,(H,19,25)/t13-,14+,15+/m1/s1. The lowest BCUT2D eigenvalue weighted by Crippen LogP contribution is -2.47. The van der Waals surface area contributed by atoms with Crippen LogP contribution in [0.1, 0.15) is 35.9 Å². The third-order valence-electron chi connectivity index (χ3n) is 5.16. The van der Waals surface area contributed by atoms with Gasteiger partial charge in [-0.15, -0.1) is 0 Å². The molecule has 2 amide bonds. The highest BCUT2D eigenvalue weighted by Crippen LogP contribution is 2.25. The van der Waals surface area contributed by atoms with Gasteiger partial charge in [0, 0.05) is 45.8 Å². The average molecular weight is 363 g/mol. The molecule has 0 aromatic carbocycles. The second kappa shape index (κ2) is 7.75. The van der Waals surface area contributed by atoms with E-state index in [1.165, 1.54) is 0 Å². The molecule has 0 radical (unpaired) electrons. The summed E-state index contributed by atoms with van der Waals surface area (Å²) < 4.78 is 7.61. The molecule has 0 aliphatic carbocycles. The zero-order valence-electron chi connectivity index (χ0n) is 16.1. The molecule has 2 aliphatic heterocycles. The first-order valence-corrected chi connectivity index (χ1v) is 9.28. The van der Waals surface area contributed by atoms with E-state index >= 15 is 0 Å². The number of morpholine rings is 1. The highest BCUT2D eigenvalue weighted by atomic mass is 16.5. The van der Waals surface area contributed by atoms with Gasteiger partial charge in [-0.05, 0) is 26.3 Å². The number of aryl methyl sites for hydroxylation is 2. The van der Waals surface area contributed by atoms with Gasteiger partial charge in [0.2, 0.25) is 5.91 Å². The molecule has 0 bridgehead atoms. The molecule has 144 valence electrons. The van der Waals surface area contributed by atoms with Crippen LogP contribution in [0.3, 0.4) is 0 Å². The topological polar surface area (TPSA) is 79.7 Å². The summed E-state index contributed by atoms with van der Waals surface area (Å²) >= 11 is 0. The molecule has 3 rings (SSSR count). The van der Waals surface area contributed by atoms with Crippen molar-refractivity contribution in [3.63, 3.8) is 0 Å². The number of rotatable bonds is 5. The SMILES string of the molecule is CCn1nc(C)cc1C(=O)N[C@@H]1C[C@H]2CO[C@@H](CC(=O)N(C)C)CN2C1. The highest BCUT2D eigenvalue weighted by Gasteiger charge is 2.38. The van der Waals surface area contributed by atoms with Gasteiger partial charge in [0.25, 0.3) is 5.91 Å². The summed E-state index contributed by atoms with van der Waals surface area (Å²) in [7, 11) is 3.52. The lowest BCUT2D eigenvalue weighted by molar-refractivity contribution is -0.134. The van der Waals surface area contributed by atoms with Gasteiger partial charge in [-0.2, -0.15) is 5.10 Å². The molecule has 1 aromatic heterocycles. The van der Waals surface area contributed by atoms with Crippen molar-refractivity contribution >= 4 is 11.8 Å². The Hall–Kier alpha value is -1.93. The van der Waals surface area contributed by atoms with Gasteiger partial charge in [0.1, 0.15) is 5.69 Å². The molecule has 0 unspecified atom stereocenters. The maximum atomic E-state index is 12.6. The van der Waals surface area contributed by atoms with Crippen molar-refractivity contribution < 1.29 is 14.3 Å². The lowest BCUT2D eigenvalue weighted by Gasteiger charge is -2.35. The molecule has 2 saturated heterocycles. The smallest absolute Gasteiger partial charge is 0.269 e. The molecule has 1 N–H and O–H groups in total. The Bertz CT molecular complexity index is 672. The normalized spacial score (nSPS) is 25.8. The Kier molecular flexibility index (Phi) is 5.62. The van der Waals surface area contributed by atoms with Gasteiger partial charge in [0.15, 0.2) is 0 Å². The number of aromatic nitrogens is 2. The number of ether oxygens (including phenoxy) is 1. The Morgan fingerprint density at radius 3 is 2.85 bits per heavy atom. The van der Waals surface area contributed by atoms with E-state index in [9.17, 15) is 9.59 Å². The summed E-state index contributed by atoms with van der Waals surface area (Å²) in [6.45, 7) is 6.69. The molecule has 0 spiro atoms. The fourth-order valence-electron chi connectivity index (χ4n) is 3.78. The molecule has 3 atom stereocenters. The number of nitrogens with one attached hydrogen (secondary N) is 1. The van der Waals surface area contributed by atoms with Crippen LogP contribution in [-0.2, 0) is 16.1 Å². The second-order valence-corrected chi connectivity index (χ2v) is 7.45. The van der Waals surface area contributed by atoms with Crippen LogP contribution in [0.2, 0.25) is 0 Å². The van der Waals surface area contributed by atoms with Crippen LogP contribution in [0.4, 0.5) is 0 Å². The van der Waals surface area contributed by atoms with Gasteiger partial charge in [0.05, 0.1) is 24.8 Å². The van der Waals surface area contributed by atoms with Crippen molar-refractivity contribution in [1.29, 1.82) is 0 Å². The average Bonchev–Trinajstić information content (AvgIpc) is 3.16. The Balaban J connectivity index is 1.55. The van der Waals surface area contributed by atoms with E-state index in [0.717, 1.165) is 25.2 Å². The highest BCUT2D eigenvalue weighted by molar-refractivity contribution is 5.92. The van der Waals surface area contributed by atoms with Gasteiger partial charge in [-0.3, -0.25) is 19.2 Å². The van der Waals surface area contributed by atoms with Gasteiger partial charge >= 0.3 is 0 Å². The molecule has 0 saturated carbocycles. The van der Waals surface area contributed by atoms with Gasteiger partial charge in [-0.25, -0.2) is 0 Å². The van der Waals surface area contributed by atoms with E-state index in [4.69, 9.17) is 4.74 Å². The minimum absolute atomic E-state index is 0.0697. The minimum atomic E-state index is -0.0717. The van der Waals surface area contributed by atoms with Crippen LogP contribution < -0.4 is 5.32 Å². The van der Waals surface area contributed by atoms with E-state index in [-0.39, 0.29) is 24.0 Å². The first kappa shape index (κ1) is 18.8. The van der Waals surface area contributed by atoms with Gasteiger partial charge < -0.3 is 15.0 Å². The molecule has 8 heteroatoms. The number of amides is 2. The number of hydrogen-bond acceptors (Lipinski definition) is 5. The van der Waals surface area contributed by atoms with Crippen molar-refractivity contribution in [3.8, 4) is 0 Å². The van der Waals surface area contributed by atoms with E-state index in [1.54, 1.807) is 23.7 Å². The zero-order valence-corrected chi connectivity index (χ0v) is 16.1. The summed E-state index contributed by atoms with van der Waals surface area (Å²) in [4.78, 5) is 28.4. The van der Waals surface area contributed by atoms with Crippen LogP contribution in [0, 0.1) is 6.92 Å². The van der Waals surface area contributed by atoms with Crippen LogP contribution in [0.15, 0.2) is 6.07 Å².